The number of carbonyl (C=O) groups is 1. The van der Waals surface area contributed by atoms with Gasteiger partial charge < -0.3 is 10.1 Å². The number of benzene rings is 1. The number of azide groups is 1. The Balaban J connectivity index is 2.79. The van der Waals surface area contributed by atoms with Crippen LogP contribution in [0, 0.1) is 0 Å². The SMILES string of the molecule is COC(=O)C(NCCCN=[N+]=[N-])c1cccc(C(F)F)c1. The monoisotopic (exact) mass is 298 g/mol. The van der Waals surface area contributed by atoms with Crippen LogP contribution < -0.4 is 5.32 Å². The van der Waals surface area contributed by atoms with Crippen molar-refractivity contribution in [3.8, 4) is 0 Å². The van der Waals surface area contributed by atoms with Gasteiger partial charge in [0.1, 0.15) is 6.04 Å². The van der Waals surface area contributed by atoms with Crippen molar-refractivity contribution in [2.45, 2.75) is 18.9 Å². The molecule has 1 atom stereocenters. The number of nitrogens with zero attached hydrogens (tertiary/aromatic N) is 3. The third-order valence-electron chi connectivity index (χ3n) is 2.78. The highest BCUT2D eigenvalue weighted by Gasteiger charge is 2.21. The number of methoxy groups -OCH3 is 1. The number of hydrogen-bond acceptors (Lipinski definition) is 4. The zero-order valence-electron chi connectivity index (χ0n) is 11.5. The zero-order chi connectivity index (χ0) is 15.7. The molecule has 1 aromatic carbocycles. The summed E-state index contributed by atoms with van der Waals surface area (Å²) in [6.45, 7) is 0.673. The Kier molecular flexibility index (Phi) is 7.14. The smallest absolute Gasteiger partial charge is 0.327 e. The molecule has 0 fully saturated rings. The summed E-state index contributed by atoms with van der Waals surface area (Å²) in [5.74, 6) is -0.565. The normalized spacial score (nSPS) is 11.8. The summed E-state index contributed by atoms with van der Waals surface area (Å²) in [5, 5.41) is 6.28. The maximum Gasteiger partial charge on any atom is 0.327 e. The first-order chi connectivity index (χ1) is 10.1. The van der Waals surface area contributed by atoms with Crippen LogP contribution in [-0.4, -0.2) is 26.2 Å². The molecule has 21 heavy (non-hydrogen) atoms. The quantitative estimate of drug-likeness (QED) is 0.263. The summed E-state index contributed by atoms with van der Waals surface area (Å²) in [6, 6.07) is 4.78. The van der Waals surface area contributed by atoms with Crippen molar-refractivity contribution in [1.29, 1.82) is 0 Å². The van der Waals surface area contributed by atoms with Crippen LogP contribution in [0.25, 0.3) is 10.4 Å². The van der Waals surface area contributed by atoms with Crippen molar-refractivity contribution in [2.24, 2.45) is 5.11 Å². The van der Waals surface area contributed by atoms with Gasteiger partial charge in [0.05, 0.1) is 7.11 Å². The molecule has 8 heteroatoms. The second-order valence-electron chi connectivity index (χ2n) is 4.19. The van der Waals surface area contributed by atoms with Crippen LogP contribution in [0.15, 0.2) is 29.4 Å². The van der Waals surface area contributed by atoms with Crippen LogP contribution in [0.3, 0.4) is 0 Å². The number of esters is 1. The average Bonchev–Trinajstić information content (AvgIpc) is 2.50. The number of hydrogen-bond donors (Lipinski definition) is 1. The van der Waals surface area contributed by atoms with Crippen LogP contribution in [-0.2, 0) is 9.53 Å². The molecule has 1 aromatic rings. The lowest BCUT2D eigenvalue weighted by molar-refractivity contribution is -0.143. The van der Waals surface area contributed by atoms with Crippen LogP contribution in [0.4, 0.5) is 8.78 Å². The van der Waals surface area contributed by atoms with Gasteiger partial charge in [0, 0.05) is 17.0 Å². The zero-order valence-corrected chi connectivity index (χ0v) is 11.5. The molecule has 0 saturated carbocycles. The molecule has 0 radical (unpaired) electrons. The number of nitrogens with one attached hydrogen (secondary N) is 1. The predicted molar refractivity (Wildman–Crippen MR) is 72.8 cm³/mol. The summed E-state index contributed by atoms with van der Waals surface area (Å²) in [6.07, 6.45) is -2.08. The van der Waals surface area contributed by atoms with E-state index >= 15 is 0 Å². The molecule has 0 aromatic heterocycles. The lowest BCUT2D eigenvalue weighted by Gasteiger charge is -2.17. The van der Waals surface area contributed by atoms with E-state index in [1.165, 1.54) is 25.3 Å². The minimum absolute atomic E-state index is 0.155. The summed E-state index contributed by atoms with van der Waals surface area (Å²) >= 11 is 0. The van der Waals surface area contributed by atoms with Crippen molar-refractivity contribution < 1.29 is 18.3 Å². The fourth-order valence-electron chi connectivity index (χ4n) is 1.77. The highest BCUT2D eigenvalue weighted by atomic mass is 19.3. The van der Waals surface area contributed by atoms with Gasteiger partial charge in [-0.2, -0.15) is 0 Å². The third kappa shape index (κ3) is 5.37. The number of rotatable bonds is 8. The molecule has 0 aliphatic carbocycles. The van der Waals surface area contributed by atoms with Crippen LogP contribution in [0.2, 0.25) is 0 Å². The van der Waals surface area contributed by atoms with E-state index in [4.69, 9.17) is 5.53 Å². The van der Waals surface area contributed by atoms with Gasteiger partial charge in [-0.1, -0.05) is 23.3 Å². The third-order valence-corrected chi connectivity index (χ3v) is 2.78. The lowest BCUT2D eigenvalue weighted by Crippen LogP contribution is -2.30. The average molecular weight is 298 g/mol. The molecule has 6 nitrogen and oxygen atoms in total. The highest BCUT2D eigenvalue weighted by Crippen LogP contribution is 2.23. The Morgan fingerprint density at radius 3 is 2.81 bits per heavy atom. The molecule has 0 saturated heterocycles. The molecular weight excluding hydrogens is 282 g/mol. The first kappa shape index (κ1) is 16.9. The van der Waals surface area contributed by atoms with E-state index in [1.54, 1.807) is 6.07 Å². The Labute approximate surface area is 120 Å². The molecule has 114 valence electrons. The van der Waals surface area contributed by atoms with Gasteiger partial charge in [-0.3, -0.25) is 0 Å². The molecule has 0 aliphatic rings. The van der Waals surface area contributed by atoms with Crippen molar-refractivity contribution in [1.82, 2.24) is 5.32 Å². The lowest BCUT2D eigenvalue weighted by atomic mass is 10.0. The second-order valence-corrected chi connectivity index (χ2v) is 4.19. The van der Waals surface area contributed by atoms with Crippen molar-refractivity contribution >= 4 is 5.97 Å². The molecule has 0 aliphatic heterocycles. The Bertz CT molecular complexity index is 519. The van der Waals surface area contributed by atoms with Crippen LogP contribution in [0.5, 0.6) is 0 Å². The van der Waals surface area contributed by atoms with E-state index in [1.807, 2.05) is 0 Å². The summed E-state index contributed by atoms with van der Waals surface area (Å²) in [7, 11) is 1.23. The summed E-state index contributed by atoms with van der Waals surface area (Å²) in [5.41, 5.74) is 8.41. The number of halogens is 2. The number of alkyl halides is 2. The van der Waals surface area contributed by atoms with Gasteiger partial charge in [-0.15, -0.1) is 0 Å². The van der Waals surface area contributed by atoms with Crippen LogP contribution >= 0.6 is 0 Å². The molecule has 1 rings (SSSR count). The number of carbonyl (C=O) groups excluding carboxylic acids is 1. The maximum atomic E-state index is 12.7. The van der Waals surface area contributed by atoms with E-state index in [0.717, 1.165) is 0 Å². The van der Waals surface area contributed by atoms with E-state index in [-0.39, 0.29) is 12.1 Å². The summed E-state index contributed by atoms with van der Waals surface area (Å²) < 4.78 is 30.1. The van der Waals surface area contributed by atoms with E-state index in [0.29, 0.717) is 18.5 Å². The minimum Gasteiger partial charge on any atom is -0.468 e. The fourth-order valence-corrected chi connectivity index (χ4v) is 1.77. The largest absolute Gasteiger partial charge is 0.468 e. The topological polar surface area (TPSA) is 87.1 Å². The van der Waals surface area contributed by atoms with Crippen molar-refractivity contribution in [3.05, 3.63) is 45.8 Å². The second kappa shape index (κ2) is 8.89. The van der Waals surface area contributed by atoms with Crippen molar-refractivity contribution in [2.75, 3.05) is 20.2 Å². The molecule has 1 N–H and O–H groups in total. The van der Waals surface area contributed by atoms with Gasteiger partial charge >= 0.3 is 5.97 Å². The van der Waals surface area contributed by atoms with Crippen molar-refractivity contribution in [3.63, 3.8) is 0 Å². The first-order valence-corrected chi connectivity index (χ1v) is 6.30. The predicted octanol–water partition coefficient (Wildman–Crippen LogP) is 3.13. The Morgan fingerprint density at radius 1 is 1.48 bits per heavy atom. The molecule has 1 unspecified atom stereocenters. The molecular formula is C13H16F2N4O2. The van der Waals surface area contributed by atoms with Crippen LogP contribution in [0.1, 0.15) is 30.0 Å². The Hall–Kier alpha value is -2.18. The van der Waals surface area contributed by atoms with Gasteiger partial charge in [0.15, 0.2) is 0 Å². The van der Waals surface area contributed by atoms with Gasteiger partial charge in [0.2, 0.25) is 0 Å². The van der Waals surface area contributed by atoms with E-state index in [9.17, 15) is 13.6 Å². The molecule has 0 spiro atoms. The standard InChI is InChI=1S/C13H16F2N4O2/c1-21-13(20)11(17-6-3-7-18-19-16)9-4-2-5-10(8-9)12(14)15/h2,4-5,8,11-12,17H,3,6-7H2,1H3. The van der Waals surface area contributed by atoms with E-state index in [2.05, 4.69) is 20.1 Å². The molecule has 0 heterocycles. The fraction of sp³-hybridized carbons (Fsp3) is 0.462. The summed E-state index contributed by atoms with van der Waals surface area (Å²) in [4.78, 5) is 14.4. The first-order valence-electron chi connectivity index (χ1n) is 6.30. The Morgan fingerprint density at radius 2 is 2.19 bits per heavy atom. The maximum absolute atomic E-state index is 12.7. The van der Waals surface area contributed by atoms with Gasteiger partial charge in [-0.25, -0.2) is 13.6 Å². The molecule has 0 amide bonds. The highest BCUT2D eigenvalue weighted by molar-refractivity contribution is 5.77. The molecule has 0 bridgehead atoms. The van der Waals surface area contributed by atoms with E-state index < -0.39 is 18.4 Å². The number of ether oxygens (including phenoxy) is 1. The van der Waals surface area contributed by atoms with Gasteiger partial charge in [-0.05, 0) is 30.1 Å². The van der Waals surface area contributed by atoms with Gasteiger partial charge in [0.25, 0.3) is 6.43 Å². The minimum atomic E-state index is -2.60.